The molecule has 0 radical (unpaired) electrons. The van der Waals surface area contributed by atoms with E-state index in [0.717, 1.165) is 41.1 Å². The Balaban J connectivity index is 1.87. The monoisotopic (exact) mass is 371 g/mol. The van der Waals surface area contributed by atoms with E-state index in [-0.39, 0.29) is 0 Å². The molecule has 26 heavy (non-hydrogen) atoms. The van der Waals surface area contributed by atoms with Crippen molar-refractivity contribution in [3.8, 4) is 17.1 Å². The molecule has 0 fully saturated rings. The van der Waals surface area contributed by atoms with Gasteiger partial charge in [0, 0.05) is 13.1 Å². The highest BCUT2D eigenvalue weighted by Crippen LogP contribution is 2.31. The first-order valence-electron chi connectivity index (χ1n) is 8.33. The third-order valence-electron chi connectivity index (χ3n) is 3.75. The van der Waals surface area contributed by atoms with Gasteiger partial charge in [-0.3, -0.25) is 4.57 Å². The van der Waals surface area contributed by atoms with Gasteiger partial charge >= 0.3 is 0 Å². The fraction of sp³-hybridized carbons (Fsp3) is 0.353. The van der Waals surface area contributed by atoms with Crippen LogP contribution in [0.25, 0.3) is 11.4 Å². The van der Waals surface area contributed by atoms with Gasteiger partial charge in [-0.05, 0) is 29.0 Å². The van der Waals surface area contributed by atoms with Crippen molar-refractivity contribution in [3.63, 3.8) is 0 Å². The van der Waals surface area contributed by atoms with E-state index in [0.29, 0.717) is 12.3 Å². The van der Waals surface area contributed by atoms with Crippen LogP contribution in [0.5, 0.6) is 5.75 Å². The van der Waals surface area contributed by atoms with Gasteiger partial charge in [-0.1, -0.05) is 36.9 Å². The second-order valence-corrected chi connectivity index (χ2v) is 6.46. The van der Waals surface area contributed by atoms with Crippen LogP contribution in [0.4, 0.5) is 0 Å². The number of allylic oxidation sites excluding steroid dienone is 1. The molecule has 0 atom stereocenters. The molecule has 0 unspecified atom stereocenters. The minimum atomic E-state index is 0.600. The fourth-order valence-corrected chi connectivity index (χ4v) is 3.44. The topological polar surface area (TPSA) is 83.5 Å². The number of benzene rings is 1. The molecule has 2 heterocycles. The molecule has 3 rings (SSSR count). The van der Waals surface area contributed by atoms with Gasteiger partial charge in [-0.2, -0.15) is 0 Å². The second kappa shape index (κ2) is 8.61. The Kier molecular flexibility index (Phi) is 6.00. The average Bonchev–Trinajstić information content (AvgIpc) is 3.27. The van der Waals surface area contributed by atoms with E-state index in [9.17, 15) is 0 Å². The Hall–Kier alpha value is -2.68. The lowest BCUT2D eigenvalue weighted by Gasteiger charge is -2.10. The van der Waals surface area contributed by atoms with Crippen molar-refractivity contribution in [1.29, 1.82) is 0 Å². The number of para-hydroxylation sites is 1. The minimum absolute atomic E-state index is 0.600. The fourth-order valence-electron chi connectivity index (χ4n) is 2.56. The SMILES string of the molecule is C=CCn1c(SCc2nnnn2CCC)nnc1-c1ccccc1OC. The number of aryl methyl sites for hydroxylation is 1. The Bertz CT molecular complexity index is 874. The largest absolute Gasteiger partial charge is 0.496 e. The molecule has 0 amide bonds. The van der Waals surface area contributed by atoms with Gasteiger partial charge in [-0.15, -0.1) is 21.9 Å². The summed E-state index contributed by atoms with van der Waals surface area (Å²) in [7, 11) is 1.65. The Morgan fingerprint density at radius 2 is 2.08 bits per heavy atom. The van der Waals surface area contributed by atoms with E-state index in [2.05, 4.69) is 39.2 Å². The molecule has 0 saturated carbocycles. The molecule has 136 valence electrons. The highest BCUT2D eigenvalue weighted by Gasteiger charge is 2.17. The Morgan fingerprint density at radius 3 is 2.85 bits per heavy atom. The van der Waals surface area contributed by atoms with Gasteiger partial charge in [0.15, 0.2) is 16.8 Å². The molecule has 9 heteroatoms. The summed E-state index contributed by atoms with van der Waals surface area (Å²) in [6, 6.07) is 7.77. The summed E-state index contributed by atoms with van der Waals surface area (Å²) in [5.41, 5.74) is 0.895. The number of tetrazole rings is 1. The molecule has 0 N–H and O–H groups in total. The zero-order valence-corrected chi connectivity index (χ0v) is 15.7. The van der Waals surface area contributed by atoms with Crippen LogP contribution in [0.15, 0.2) is 42.1 Å². The lowest BCUT2D eigenvalue weighted by molar-refractivity contribution is 0.416. The van der Waals surface area contributed by atoms with E-state index in [1.54, 1.807) is 18.9 Å². The maximum absolute atomic E-state index is 5.46. The first-order valence-corrected chi connectivity index (χ1v) is 9.32. The van der Waals surface area contributed by atoms with Crippen molar-refractivity contribution in [2.24, 2.45) is 0 Å². The molecule has 0 aliphatic heterocycles. The van der Waals surface area contributed by atoms with Crippen LogP contribution in [-0.2, 0) is 18.8 Å². The molecule has 0 saturated heterocycles. The molecule has 3 aromatic rings. The standard InChI is InChI=1S/C17H21N7OS/c1-4-10-23-16(13-8-6-7-9-14(13)25-3)19-20-17(23)26-12-15-18-21-22-24(15)11-5-2/h4,6-9H,1,5,10-12H2,2-3H3. The highest BCUT2D eigenvalue weighted by atomic mass is 32.2. The van der Waals surface area contributed by atoms with Crippen LogP contribution in [0.3, 0.4) is 0 Å². The van der Waals surface area contributed by atoms with E-state index in [1.807, 2.05) is 39.6 Å². The predicted molar refractivity (Wildman–Crippen MR) is 99.9 cm³/mol. The summed E-state index contributed by atoms with van der Waals surface area (Å²) >= 11 is 1.55. The summed E-state index contributed by atoms with van der Waals surface area (Å²) in [5.74, 6) is 2.95. The molecule has 1 aromatic carbocycles. The number of hydrogen-bond acceptors (Lipinski definition) is 7. The lowest BCUT2D eigenvalue weighted by atomic mass is 10.2. The van der Waals surface area contributed by atoms with Gasteiger partial charge in [0.25, 0.3) is 0 Å². The van der Waals surface area contributed by atoms with Crippen LogP contribution in [0.1, 0.15) is 19.2 Å². The summed E-state index contributed by atoms with van der Waals surface area (Å²) in [4.78, 5) is 0. The number of aromatic nitrogens is 7. The maximum Gasteiger partial charge on any atom is 0.192 e. The number of ether oxygens (including phenoxy) is 1. The molecule has 2 aromatic heterocycles. The zero-order chi connectivity index (χ0) is 18.4. The molecule has 0 aliphatic carbocycles. The van der Waals surface area contributed by atoms with Gasteiger partial charge < -0.3 is 4.74 Å². The van der Waals surface area contributed by atoms with Crippen LogP contribution >= 0.6 is 11.8 Å². The molecular formula is C17H21N7OS. The number of hydrogen-bond donors (Lipinski definition) is 0. The minimum Gasteiger partial charge on any atom is -0.496 e. The number of thioether (sulfide) groups is 1. The van der Waals surface area contributed by atoms with E-state index < -0.39 is 0 Å². The quantitative estimate of drug-likeness (QED) is 0.422. The van der Waals surface area contributed by atoms with Gasteiger partial charge in [0.1, 0.15) is 5.75 Å². The molecule has 0 aliphatic rings. The van der Waals surface area contributed by atoms with Crippen molar-refractivity contribution in [2.45, 2.75) is 37.3 Å². The average molecular weight is 371 g/mol. The summed E-state index contributed by atoms with van der Waals surface area (Å²) < 4.78 is 9.30. The second-order valence-electron chi connectivity index (χ2n) is 5.51. The van der Waals surface area contributed by atoms with E-state index in [4.69, 9.17) is 4.74 Å². The normalized spacial score (nSPS) is 10.8. The molecule has 8 nitrogen and oxygen atoms in total. The number of methoxy groups -OCH3 is 1. The Morgan fingerprint density at radius 1 is 1.23 bits per heavy atom. The van der Waals surface area contributed by atoms with Gasteiger partial charge in [0.05, 0.1) is 18.4 Å². The molecular weight excluding hydrogens is 350 g/mol. The van der Waals surface area contributed by atoms with Crippen molar-refractivity contribution >= 4 is 11.8 Å². The van der Waals surface area contributed by atoms with Crippen molar-refractivity contribution in [1.82, 2.24) is 35.0 Å². The highest BCUT2D eigenvalue weighted by molar-refractivity contribution is 7.98. The summed E-state index contributed by atoms with van der Waals surface area (Å²) in [6.45, 7) is 7.35. The van der Waals surface area contributed by atoms with Crippen LogP contribution in [-0.4, -0.2) is 42.1 Å². The number of nitrogens with zero attached hydrogens (tertiary/aromatic N) is 7. The van der Waals surface area contributed by atoms with Crippen molar-refractivity contribution in [3.05, 3.63) is 42.7 Å². The third-order valence-corrected chi connectivity index (χ3v) is 4.71. The van der Waals surface area contributed by atoms with Gasteiger partial charge in [-0.25, -0.2) is 4.68 Å². The summed E-state index contributed by atoms with van der Waals surface area (Å²) in [5, 5.41) is 21.4. The summed E-state index contributed by atoms with van der Waals surface area (Å²) in [6.07, 6.45) is 2.81. The predicted octanol–water partition coefficient (Wildman–Crippen LogP) is 2.83. The van der Waals surface area contributed by atoms with Crippen LogP contribution in [0.2, 0.25) is 0 Å². The van der Waals surface area contributed by atoms with Crippen molar-refractivity contribution < 1.29 is 4.74 Å². The van der Waals surface area contributed by atoms with Gasteiger partial charge in [0.2, 0.25) is 0 Å². The van der Waals surface area contributed by atoms with Crippen LogP contribution < -0.4 is 4.74 Å². The van der Waals surface area contributed by atoms with E-state index >= 15 is 0 Å². The molecule has 0 spiro atoms. The first kappa shape index (κ1) is 18.1. The van der Waals surface area contributed by atoms with Crippen LogP contribution in [0, 0.1) is 0 Å². The molecule has 0 bridgehead atoms. The Labute approximate surface area is 156 Å². The maximum atomic E-state index is 5.46. The smallest absolute Gasteiger partial charge is 0.192 e. The lowest BCUT2D eigenvalue weighted by Crippen LogP contribution is -2.05. The third kappa shape index (κ3) is 3.77. The van der Waals surface area contributed by atoms with Crippen molar-refractivity contribution in [2.75, 3.05) is 7.11 Å². The van der Waals surface area contributed by atoms with E-state index in [1.165, 1.54) is 0 Å². The zero-order valence-electron chi connectivity index (χ0n) is 14.9. The number of rotatable bonds is 9. The first-order chi connectivity index (χ1) is 12.8.